The maximum Gasteiger partial charge on any atom is 0.0682 e. The van der Waals surface area contributed by atoms with Crippen LogP contribution in [0.2, 0.25) is 5.02 Å². The van der Waals surface area contributed by atoms with Crippen molar-refractivity contribution < 1.29 is 5.11 Å². The lowest BCUT2D eigenvalue weighted by molar-refractivity contribution is 0.282. The normalized spacial score (nSPS) is 10.5. The average molecular weight is 242 g/mol. The standard InChI is InChI=1S/C13H20ClNO/c1-3-5-8-15(4-2)13-7-6-11(10-16)9-12(13)14/h6-7,9,16H,3-5,8,10H2,1-2H3. The van der Waals surface area contributed by atoms with Gasteiger partial charge in [-0.1, -0.05) is 31.0 Å². The lowest BCUT2D eigenvalue weighted by atomic mass is 10.2. The van der Waals surface area contributed by atoms with Crippen LogP contribution in [-0.2, 0) is 6.61 Å². The number of benzene rings is 1. The van der Waals surface area contributed by atoms with E-state index in [1.165, 1.54) is 12.8 Å². The summed E-state index contributed by atoms with van der Waals surface area (Å²) in [6.45, 7) is 6.35. The molecule has 2 nitrogen and oxygen atoms in total. The quantitative estimate of drug-likeness (QED) is 0.825. The number of halogens is 1. The Morgan fingerprint density at radius 2 is 2.06 bits per heavy atom. The summed E-state index contributed by atoms with van der Waals surface area (Å²) >= 11 is 6.21. The van der Waals surface area contributed by atoms with E-state index in [1.807, 2.05) is 18.2 Å². The summed E-state index contributed by atoms with van der Waals surface area (Å²) in [7, 11) is 0. The maximum atomic E-state index is 9.02. The van der Waals surface area contributed by atoms with E-state index in [1.54, 1.807) is 0 Å². The molecule has 0 unspecified atom stereocenters. The molecule has 0 saturated heterocycles. The predicted molar refractivity (Wildman–Crippen MR) is 70.2 cm³/mol. The van der Waals surface area contributed by atoms with Crippen molar-refractivity contribution in [2.45, 2.75) is 33.3 Å². The molecule has 0 amide bonds. The van der Waals surface area contributed by atoms with Crippen molar-refractivity contribution >= 4 is 17.3 Å². The molecule has 1 N–H and O–H groups in total. The van der Waals surface area contributed by atoms with Gasteiger partial charge in [0, 0.05) is 13.1 Å². The highest BCUT2D eigenvalue weighted by Gasteiger charge is 2.08. The van der Waals surface area contributed by atoms with Crippen molar-refractivity contribution in [1.82, 2.24) is 0 Å². The predicted octanol–water partition coefficient (Wildman–Crippen LogP) is 3.46. The number of unbranched alkanes of at least 4 members (excludes halogenated alkanes) is 1. The Hall–Kier alpha value is -0.730. The number of hydrogen-bond donors (Lipinski definition) is 1. The van der Waals surface area contributed by atoms with Gasteiger partial charge in [-0.2, -0.15) is 0 Å². The van der Waals surface area contributed by atoms with E-state index in [0.717, 1.165) is 29.4 Å². The molecule has 0 radical (unpaired) electrons. The topological polar surface area (TPSA) is 23.5 Å². The smallest absolute Gasteiger partial charge is 0.0682 e. The van der Waals surface area contributed by atoms with Crippen LogP contribution in [0.1, 0.15) is 32.3 Å². The first-order valence-corrected chi connectivity index (χ1v) is 6.25. The summed E-state index contributed by atoms with van der Waals surface area (Å²) in [5.41, 5.74) is 1.93. The third-order valence-electron chi connectivity index (χ3n) is 2.70. The first-order chi connectivity index (χ1) is 7.72. The van der Waals surface area contributed by atoms with Crippen molar-refractivity contribution in [3.63, 3.8) is 0 Å². The SMILES string of the molecule is CCCCN(CC)c1ccc(CO)cc1Cl. The van der Waals surface area contributed by atoms with Crippen molar-refractivity contribution in [3.8, 4) is 0 Å². The lowest BCUT2D eigenvalue weighted by Gasteiger charge is -2.24. The van der Waals surface area contributed by atoms with Crippen molar-refractivity contribution in [1.29, 1.82) is 0 Å². The summed E-state index contributed by atoms with van der Waals surface area (Å²) in [6.07, 6.45) is 2.36. The molecule has 0 atom stereocenters. The van der Waals surface area contributed by atoms with E-state index in [-0.39, 0.29) is 6.61 Å². The van der Waals surface area contributed by atoms with E-state index < -0.39 is 0 Å². The van der Waals surface area contributed by atoms with Crippen LogP contribution in [0.3, 0.4) is 0 Å². The maximum absolute atomic E-state index is 9.02. The van der Waals surface area contributed by atoms with Crippen LogP contribution in [0.5, 0.6) is 0 Å². The minimum atomic E-state index is 0.0427. The van der Waals surface area contributed by atoms with Gasteiger partial charge in [-0.3, -0.25) is 0 Å². The Labute approximate surface area is 103 Å². The molecule has 0 heterocycles. The largest absolute Gasteiger partial charge is 0.392 e. The van der Waals surface area contributed by atoms with Crippen molar-refractivity contribution in [2.24, 2.45) is 0 Å². The van der Waals surface area contributed by atoms with Gasteiger partial charge in [0.25, 0.3) is 0 Å². The minimum Gasteiger partial charge on any atom is -0.392 e. The van der Waals surface area contributed by atoms with Crippen LogP contribution in [0.15, 0.2) is 18.2 Å². The van der Waals surface area contributed by atoms with Crippen LogP contribution in [0, 0.1) is 0 Å². The van der Waals surface area contributed by atoms with Crippen molar-refractivity contribution in [2.75, 3.05) is 18.0 Å². The lowest BCUT2D eigenvalue weighted by Crippen LogP contribution is -2.24. The summed E-state index contributed by atoms with van der Waals surface area (Å²) in [5, 5.41) is 9.74. The fraction of sp³-hybridized carbons (Fsp3) is 0.538. The number of aliphatic hydroxyl groups is 1. The molecule has 0 fully saturated rings. The van der Waals surface area contributed by atoms with Crippen LogP contribution >= 0.6 is 11.6 Å². The zero-order chi connectivity index (χ0) is 12.0. The molecule has 90 valence electrons. The highest BCUT2D eigenvalue weighted by atomic mass is 35.5. The summed E-state index contributed by atoms with van der Waals surface area (Å²) in [5.74, 6) is 0. The molecule has 16 heavy (non-hydrogen) atoms. The molecular formula is C13H20ClNO. The van der Waals surface area contributed by atoms with Gasteiger partial charge in [0.1, 0.15) is 0 Å². The van der Waals surface area contributed by atoms with Crippen LogP contribution < -0.4 is 4.90 Å². The summed E-state index contributed by atoms with van der Waals surface area (Å²) < 4.78 is 0. The molecular weight excluding hydrogens is 222 g/mol. The van der Waals surface area contributed by atoms with Gasteiger partial charge in [0.2, 0.25) is 0 Å². The second kappa shape index (κ2) is 6.77. The third kappa shape index (κ3) is 3.39. The fourth-order valence-corrected chi connectivity index (χ4v) is 2.03. The number of hydrogen-bond acceptors (Lipinski definition) is 2. The Bertz CT molecular complexity index is 328. The molecule has 0 saturated carbocycles. The molecule has 0 spiro atoms. The van der Waals surface area contributed by atoms with Crippen LogP contribution in [0.25, 0.3) is 0 Å². The molecule has 1 aromatic carbocycles. The van der Waals surface area contributed by atoms with E-state index in [9.17, 15) is 0 Å². The summed E-state index contributed by atoms with van der Waals surface area (Å²) in [6, 6.07) is 5.76. The number of anilines is 1. The Kier molecular flexibility index (Phi) is 5.64. The minimum absolute atomic E-state index is 0.0427. The second-order valence-corrected chi connectivity index (χ2v) is 4.28. The van der Waals surface area contributed by atoms with Gasteiger partial charge in [-0.25, -0.2) is 0 Å². The van der Waals surface area contributed by atoms with Gasteiger partial charge < -0.3 is 10.0 Å². The Morgan fingerprint density at radius 1 is 1.31 bits per heavy atom. The Balaban J connectivity index is 2.83. The number of aliphatic hydroxyl groups excluding tert-OH is 1. The first kappa shape index (κ1) is 13.3. The highest BCUT2D eigenvalue weighted by Crippen LogP contribution is 2.27. The molecule has 1 aromatic rings. The monoisotopic (exact) mass is 241 g/mol. The van der Waals surface area contributed by atoms with E-state index in [4.69, 9.17) is 16.7 Å². The average Bonchev–Trinajstić information content (AvgIpc) is 2.31. The van der Waals surface area contributed by atoms with Gasteiger partial charge in [-0.05, 0) is 31.0 Å². The van der Waals surface area contributed by atoms with Crippen molar-refractivity contribution in [3.05, 3.63) is 28.8 Å². The van der Waals surface area contributed by atoms with E-state index >= 15 is 0 Å². The fourth-order valence-electron chi connectivity index (χ4n) is 1.70. The summed E-state index contributed by atoms with van der Waals surface area (Å²) in [4.78, 5) is 2.27. The van der Waals surface area contributed by atoms with Gasteiger partial charge in [-0.15, -0.1) is 0 Å². The van der Waals surface area contributed by atoms with Crippen LogP contribution in [0.4, 0.5) is 5.69 Å². The highest BCUT2D eigenvalue weighted by molar-refractivity contribution is 6.33. The molecule has 0 aliphatic heterocycles. The third-order valence-corrected chi connectivity index (χ3v) is 3.00. The van der Waals surface area contributed by atoms with Crippen LogP contribution in [-0.4, -0.2) is 18.2 Å². The molecule has 0 aliphatic rings. The van der Waals surface area contributed by atoms with Gasteiger partial charge in [0.05, 0.1) is 17.3 Å². The first-order valence-electron chi connectivity index (χ1n) is 5.87. The zero-order valence-corrected chi connectivity index (χ0v) is 10.8. The molecule has 3 heteroatoms. The Morgan fingerprint density at radius 3 is 2.56 bits per heavy atom. The molecule has 0 aliphatic carbocycles. The second-order valence-electron chi connectivity index (χ2n) is 3.88. The number of nitrogens with zero attached hydrogens (tertiary/aromatic N) is 1. The van der Waals surface area contributed by atoms with E-state index in [0.29, 0.717) is 0 Å². The molecule has 0 bridgehead atoms. The number of rotatable bonds is 6. The molecule has 0 aromatic heterocycles. The van der Waals surface area contributed by atoms with Gasteiger partial charge >= 0.3 is 0 Å². The molecule has 1 rings (SSSR count). The van der Waals surface area contributed by atoms with Gasteiger partial charge in [0.15, 0.2) is 0 Å². The van der Waals surface area contributed by atoms with E-state index in [2.05, 4.69) is 18.7 Å². The zero-order valence-electron chi connectivity index (χ0n) is 10.0.